The van der Waals surface area contributed by atoms with E-state index in [0.29, 0.717) is 4.34 Å². The minimum atomic E-state index is -4.46. The average molecular weight is 285 g/mol. The molecular weight excluding hydrogens is 279 g/mol. The first-order valence-corrected chi connectivity index (χ1v) is 6.89. The summed E-state index contributed by atoms with van der Waals surface area (Å²) >= 11 is 3.46. The first-order valence-electron chi connectivity index (χ1n) is 4.32. The molecule has 0 atom stereocenters. The first-order chi connectivity index (χ1) is 7.55. The van der Waals surface area contributed by atoms with Gasteiger partial charge in [-0.3, -0.25) is 4.99 Å². The number of hydrogen-bond donors (Lipinski definition) is 0. The van der Waals surface area contributed by atoms with Crippen molar-refractivity contribution in [2.45, 2.75) is 16.9 Å². The second-order valence-corrected chi connectivity index (χ2v) is 6.16. The highest BCUT2D eigenvalue weighted by Gasteiger charge is 2.36. The molecule has 1 aromatic rings. The molecule has 0 fully saturated rings. The van der Waals surface area contributed by atoms with Gasteiger partial charge in [-0.05, 0) is 29.7 Å². The highest BCUT2D eigenvalue weighted by molar-refractivity contribution is 8.39. The van der Waals surface area contributed by atoms with Crippen LogP contribution in [0.3, 0.4) is 0 Å². The molecular formula is C7H6F3N3S3. The Hall–Kier alpha value is -0.280. The van der Waals surface area contributed by atoms with Crippen LogP contribution in [0.2, 0.25) is 0 Å². The van der Waals surface area contributed by atoms with E-state index >= 15 is 0 Å². The van der Waals surface area contributed by atoms with Gasteiger partial charge >= 0.3 is 6.18 Å². The van der Waals surface area contributed by atoms with Crippen molar-refractivity contribution >= 4 is 39.4 Å². The van der Waals surface area contributed by atoms with Crippen molar-refractivity contribution in [3.05, 3.63) is 5.82 Å². The molecule has 0 saturated carbocycles. The second kappa shape index (κ2) is 4.92. The van der Waals surface area contributed by atoms with E-state index in [-0.39, 0.29) is 0 Å². The van der Waals surface area contributed by atoms with E-state index in [0.717, 1.165) is 46.4 Å². The summed E-state index contributed by atoms with van der Waals surface area (Å²) in [4.78, 5) is 7.62. The third-order valence-electron chi connectivity index (χ3n) is 1.60. The molecule has 0 aromatic carbocycles. The van der Waals surface area contributed by atoms with E-state index in [1.165, 1.54) is 0 Å². The maximum Gasteiger partial charge on any atom is 0.452 e. The Bertz CT molecular complexity index is 401. The maximum absolute atomic E-state index is 12.2. The van der Waals surface area contributed by atoms with Gasteiger partial charge in [0.25, 0.3) is 0 Å². The molecule has 1 aliphatic rings. The molecule has 0 saturated heterocycles. The quantitative estimate of drug-likeness (QED) is 0.794. The van der Waals surface area contributed by atoms with Gasteiger partial charge in [0.15, 0.2) is 4.34 Å². The summed E-state index contributed by atoms with van der Waals surface area (Å²) in [5.74, 6) is -0.113. The molecule has 9 heteroatoms. The standard InChI is InChI=1S/C7H6F3N3S3/c8-7(9,10)4-12-6(16-13-4)15-5-11-2-1-3-14-5/h1-3H2. The van der Waals surface area contributed by atoms with Gasteiger partial charge < -0.3 is 0 Å². The molecule has 88 valence electrons. The summed E-state index contributed by atoms with van der Waals surface area (Å²) in [7, 11) is 0. The molecule has 1 aromatic heterocycles. The van der Waals surface area contributed by atoms with Gasteiger partial charge in [0.2, 0.25) is 5.82 Å². The summed E-state index contributed by atoms with van der Waals surface area (Å²) in [6.45, 7) is 0.736. The lowest BCUT2D eigenvalue weighted by Crippen LogP contribution is -2.07. The van der Waals surface area contributed by atoms with Crippen LogP contribution in [0.1, 0.15) is 12.2 Å². The molecule has 1 aliphatic heterocycles. The van der Waals surface area contributed by atoms with E-state index in [4.69, 9.17) is 0 Å². The van der Waals surface area contributed by atoms with Gasteiger partial charge in [-0.15, -0.1) is 0 Å². The van der Waals surface area contributed by atoms with Crippen molar-refractivity contribution < 1.29 is 13.2 Å². The monoisotopic (exact) mass is 285 g/mol. The van der Waals surface area contributed by atoms with Crippen LogP contribution < -0.4 is 0 Å². The van der Waals surface area contributed by atoms with E-state index in [2.05, 4.69) is 14.3 Å². The highest BCUT2D eigenvalue weighted by atomic mass is 32.2. The van der Waals surface area contributed by atoms with E-state index in [9.17, 15) is 13.2 Å². The number of rotatable bonds is 1. The number of aliphatic imine (C=N–C) groups is 1. The zero-order valence-electron chi connectivity index (χ0n) is 7.82. The van der Waals surface area contributed by atoms with Crippen molar-refractivity contribution in [1.82, 2.24) is 9.36 Å². The summed E-state index contributed by atoms with van der Waals surface area (Å²) in [6, 6.07) is 0. The van der Waals surface area contributed by atoms with Gasteiger partial charge in [-0.25, -0.2) is 4.98 Å². The van der Waals surface area contributed by atoms with E-state index < -0.39 is 12.0 Å². The van der Waals surface area contributed by atoms with Crippen molar-refractivity contribution in [2.24, 2.45) is 4.99 Å². The minimum absolute atomic E-state index is 0.292. The number of alkyl halides is 3. The van der Waals surface area contributed by atoms with Gasteiger partial charge in [0.05, 0.1) is 0 Å². The molecule has 0 spiro atoms. The van der Waals surface area contributed by atoms with Crippen LogP contribution in [0, 0.1) is 0 Å². The molecule has 0 aliphatic carbocycles. The Kier molecular flexibility index (Phi) is 3.75. The summed E-state index contributed by atoms with van der Waals surface area (Å²) < 4.78 is 41.0. The van der Waals surface area contributed by atoms with Crippen molar-refractivity contribution in [2.75, 3.05) is 12.3 Å². The minimum Gasteiger partial charge on any atom is -0.271 e. The topological polar surface area (TPSA) is 38.1 Å². The summed E-state index contributed by atoms with van der Waals surface area (Å²) in [5, 5.41) is 0. The molecule has 2 heterocycles. The SMILES string of the molecule is FC(F)(F)c1nsc(SC2=NCCCS2)n1. The van der Waals surface area contributed by atoms with Crippen LogP contribution >= 0.6 is 35.1 Å². The van der Waals surface area contributed by atoms with E-state index in [1.54, 1.807) is 11.8 Å². The summed E-state index contributed by atoms with van der Waals surface area (Å²) in [6.07, 6.45) is -3.45. The fraction of sp³-hybridized carbons (Fsp3) is 0.571. The van der Waals surface area contributed by atoms with Crippen molar-refractivity contribution in [3.63, 3.8) is 0 Å². The number of nitrogens with zero attached hydrogens (tertiary/aromatic N) is 3. The smallest absolute Gasteiger partial charge is 0.271 e. The zero-order valence-corrected chi connectivity index (χ0v) is 10.3. The first kappa shape index (κ1) is 12.2. The predicted molar refractivity (Wildman–Crippen MR) is 60.1 cm³/mol. The highest BCUT2D eigenvalue weighted by Crippen LogP contribution is 2.33. The molecule has 2 rings (SSSR count). The Balaban J connectivity index is 2.05. The van der Waals surface area contributed by atoms with E-state index in [1.807, 2.05) is 0 Å². The third-order valence-corrected chi connectivity index (χ3v) is 4.63. The number of halogens is 3. The molecule has 0 bridgehead atoms. The van der Waals surface area contributed by atoms with Crippen LogP contribution in [-0.2, 0) is 6.18 Å². The predicted octanol–water partition coefficient (Wildman–Crippen LogP) is 3.14. The van der Waals surface area contributed by atoms with Gasteiger partial charge in [0.1, 0.15) is 4.38 Å². The Morgan fingerprint density at radius 2 is 2.12 bits per heavy atom. The van der Waals surface area contributed by atoms with Crippen molar-refractivity contribution in [1.29, 1.82) is 0 Å². The lowest BCUT2D eigenvalue weighted by molar-refractivity contribution is -0.144. The van der Waals surface area contributed by atoms with Crippen LogP contribution in [0.4, 0.5) is 13.2 Å². The third kappa shape index (κ3) is 3.11. The van der Waals surface area contributed by atoms with Crippen LogP contribution in [-0.4, -0.2) is 26.0 Å². The molecule has 3 nitrogen and oxygen atoms in total. The van der Waals surface area contributed by atoms with Gasteiger partial charge in [0, 0.05) is 12.3 Å². The van der Waals surface area contributed by atoms with Crippen LogP contribution in [0.5, 0.6) is 0 Å². The zero-order chi connectivity index (χ0) is 11.6. The van der Waals surface area contributed by atoms with Crippen LogP contribution in [0.15, 0.2) is 9.33 Å². The fourth-order valence-electron chi connectivity index (χ4n) is 0.943. The van der Waals surface area contributed by atoms with Gasteiger partial charge in [-0.1, -0.05) is 11.8 Å². The fourth-order valence-corrected chi connectivity index (χ4v) is 3.83. The Morgan fingerprint density at radius 3 is 2.69 bits per heavy atom. The number of hydrogen-bond acceptors (Lipinski definition) is 6. The molecule has 0 amide bonds. The maximum atomic E-state index is 12.2. The molecule has 0 radical (unpaired) electrons. The lowest BCUT2D eigenvalue weighted by Gasteiger charge is -2.07. The van der Waals surface area contributed by atoms with Crippen LogP contribution in [0.25, 0.3) is 0 Å². The Labute approximate surface area is 102 Å². The average Bonchev–Trinajstić information content (AvgIpc) is 2.67. The normalized spacial score (nSPS) is 17.3. The number of thioether (sulfide) groups is 2. The second-order valence-electron chi connectivity index (χ2n) is 2.83. The molecule has 0 N–H and O–H groups in total. The van der Waals surface area contributed by atoms with Gasteiger partial charge in [-0.2, -0.15) is 17.5 Å². The largest absolute Gasteiger partial charge is 0.452 e. The number of aromatic nitrogens is 2. The molecule has 16 heavy (non-hydrogen) atoms. The summed E-state index contributed by atoms with van der Waals surface area (Å²) in [5.41, 5.74) is 0. The Morgan fingerprint density at radius 1 is 1.31 bits per heavy atom. The van der Waals surface area contributed by atoms with Crippen molar-refractivity contribution in [3.8, 4) is 0 Å². The lowest BCUT2D eigenvalue weighted by atomic mass is 10.5. The molecule has 0 unspecified atom stereocenters.